The number of carbonyl (C=O) groups excluding carboxylic acids is 1. The van der Waals surface area contributed by atoms with Crippen LogP contribution in [0.3, 0.4) is 0 Å². The number of ether oxygens (including phenoxy) is 1. The summed E-state index contributed by atoms with van der Waals surface area (Å²) in [4.78, 5) is 15.7. The maximum Gasteiger partial charge on any atom is 0.221 e. The Morgan fingerprint density at radius 2 is 1.74 bits per heavy atom. The van der Waals surface area contributed by atoms with Crippen LogP contribution in [-0.4, -0.2) is 51.3 Å². The molecule has 0 aliphatic heterocycles. The number of guanidine groups is 1. The fourth-order valence-corrected chi connectivity index (χ4v) is 2.02. The second-order valence-corrected chi connectivity index (χ2v) is 5.55. The number of halogens is 1. The number of hydrogen-bond donors (Lipinski definition) is 3. The van der Waals surface area contributed by atoms with Crippen LogP contribution in [0.15, 0.2) is 4.99 Å². The summed E-state index contributed by atoms with van der Waals surface area (Å²) in [6.07, 6.45) is 2.60. The van der Waals surface area contributed by atoms with Crippen molar-refractivity contribution in [1.82, 2.24) is 16.0 Å². The molecule has 0 aromatic rings. The SMILES string of the molecule is CCCNC(=O)CCNC(=NC)NCCC(OCC)C(C)C.I. The molecule has 23 heavy (non-hydrogen) atoms. The summed E-state index contributed by atoms with van der Waals surface area (Å²) in [5.41, 5.74) is 0. The molecule has 0 heterocycles. The molecule has 0 radical (unpaired) electrons. The Bertz CT molecular complexity index is 325. The molecule has 0 aromatic carbocycles. The van der Waals surface area contributed by atoms with Crippen LogP contribution in [0.5, 0.6) is 0 Å². The number of nitrogens with zero attached hydrogens (tertiary/aromatic N) is 1. The molecule has 1 amide bonds. The van der Waals surface area contributed by atoms with Crippen molar-refractivity contribution in [1.29, 1.82) is 0 Å². The zero-order valence-corrected chi connectivity index (χ0v) is 17.6. The first-order valence-corrected chi connectivity index (χ1v) is 8.37. The van der Waals surface area contributed by atoms with Crippen LogP contribution in [0.4, 0.5) is 0 Å². The Balaban J connectivity index is 0. The van der Waals surface area contributed by atoms with Crippen LogP contribution in [0.2, 0.25) is 0 Å². The second-order valence-electron chi connectivity index (χ2n) is 5.55. The summed E-state index contributed by atoms with van der Waals surface area (Å²) in [5.74, 6) is 1.29. The molecule has 6 nitrogen and oxygen atoms in total. The van der Waals surface area contributed by atoms with E-state index in [1.807, 2.05) is 13.8 Å². The third kappa shape index (κ3) is 13.6. The van der Waals surface area contributed by atoms with Gasteiger partial charge in [-0.1, -0.05) is 20.8 Å². The molecule has 0 saturated carbocycles. The van der Waals surface area contributed by atoms with Crippen LogP contribution in [-0.2, 0) is 9.53 Å². The van der Waals surface area contributed by atoms with Crippen molar-refractivity contribution in [2.75, 3.05) is 33.3 Å². The molecule has 1 unspecified atom stereocenters. The van der Waals surface area contributed by atoms with Gasteiger partial charge in [0.25, 0.3) is 0 Å². The zero-order chi connectivity index (χ0) is 16.8. The summed E-state index contributed by atoms with van der Waals surface area (Å²) in [7, 11) is 1.73. The van der Waals surface area contributed by atoms with Crippen molar-refractivity contribution >= 4 is 35.8 Å². The lowest BCUT2D eigenvalue weighted by Gasteiger charge is -2.21. The lowest BCUT2D eigenvalue weighted by Crippen LogP contribution is -2.40. The Hall–Kier alpha value is -0.570. The zero-order valence-electron chi connectivity index (χ0n) is 15.3. The van der Waals surface area contributed by atoms with E-state index in [1.165, 1.54) is 0 Å². The van der Waals surface area contributed by atoms with E-state index in [4.69, 9.17) is 4.74 Å². The second kappa shape index (κ2) is 16.3. The van der Waals surface area contributed by atoms with Gasteiger partial charge in [0.1, 0.15) is 0 Å². The van der Waals surface area contributed by atoms with Crippen molar-refractivity contribution < 1.29 is 9.53 Å². The number of carbonyl (C=O) groups is 1. The largest absolute Gasteiger partial charge is 0.378 e. The molecule has 1 atom stereocenters. The highest BCUT2D eigenvalue weighted by Crippen LogP contribution is 2.09. The van der Waals surface area contributed by atoms with Gasteiger partial charge in [-0.15, -0.1) is 24.0 Å². The van der Waals surface area contributed by atoms with Gasteiger partial charge in [0.2, 0.25) is 5.91 Å². The number of nitrogens with one attached hydrogen (secondary N) is 3. The number of amides is 1. The Morgan fingerprint density at radius 1 is 1.09 bits per heavy atom. The fraction of sp³-hybridized carbons (Fsp3) is 0.875. The smallest absolute Gasteiger partial charge is 0.221 e. The molecule has 3 N–H and O–H groups in total. The molecule has 0 aliphatic carbocycles. The van der Waals surface area contributed by atoms with E-state index in [-0.39, 0.29) is 36.0 Å². The summed E-state index contributed by atoms with van der Waals surface area (Å²) >= 11 is 0. The van der Waals surface area contributed by atoms with Gasteiger partial charge < -0.3 is 20.7 Å². The number of rotatable bonds is 11. The highest BCUT2D eigenvalue weighted by Gasteiger charge is 2.12. The van der Waals surface area contributed by atoms with E-state index < -0.39 is 0 Å². The molecule has 0 aliphatic rings. The Kier molecular flexibility index (Phi) is 17.5. The van der Waals surface area contributed by atoms with Crippen LogP contribution in [0.1, 0.15) is 47.0 Å². The molecule has 0 saturated heterocycles. The maximum atomic E-state index is 11.5. The normalized spacial score (nSPS) is 12.5. The molecule has 0 aromatic heterocycles. The van der Waals surface area contributed by atoms with E-state index in [0.717, 1.165) is 38.5 Å². The minimum atomic E-state index is 0. The molecular weight excluding hydrogens is 407 g/mol. The molecule has 0 rings (SSSR count). The topological polar surface area (TPSA) is 74.8 Å². The van der Waals surface area contributed by atoms with Crippen molar-refractivity contribution in [2.45, 2.75) is 53.1 Å². The lowest BCUT2D eigenvalue weighted by atomic mass is 10.0. The van der Waals surface area contributed by atoms with Crippen LogP contribution in [0, 0.1) is 5.92 Å². The minimum absolute atomic E-state index is 0. The van der Waals surface area contributed by atoms with Gasteiger partial charge in [-0.05, 0) is 25.7 Å². The van der Waals surface area contributed by atoms with Crippen molar-refractivity contribution in [3.8, 4) is 0 Å². The van der Waals surface area contributed by atoms with E-state index in [1.54, 1.807) is 7.05 Å². The van der Waals surface area contributed by atoms with E-state index in [0.29, 0.717) is 18.9 Å². The quantitative estimate of drug-likeness (QED) is 0.261. The first kappa shape index (κ1) is 24.7. The van der Waals surface area contributed by atoms with Crippen molar-refractivity contribution in [2.24, 2.45) is 10.9 Å². The third-order valence-electron chi connectivity index (χ3n) is 3.29. The van der Waals surface area contributed by atoms with Crippen molar-refractivity contribution in [3.63, 3.8) is 0 Å². The molecule has 7 heteroatoms. The van der Waals surface area contributed by atoms with Gasteiger partial charge in [0.05, 0.1) is 6.10 Å². The molecule has 0 fully saturated rings. The predicted octanol–water partition coefficient (Wildman–Crippen LogP) is 2.14. The maximum absolute atomic E-state index is 11.5. The van der Waals surface area contributed by atoms with Gasteiger partial charge in [-0.2, -0.15) is 0 Å². The van der Waals surface area contributed by atoms with E-state index >= 15 is 0 Å². The van der Waals surface area contributed by atoms with Gasteiger partial charge in [0, 0.05) is 39.7 Å². The average Bonchev–Trinajstić information content (AvgIpc) is 2.50. The first-order chi connectivity index (χ1) is 10.5. The van der Waals surface area contributed by atoms with Crippen LogP contribution < -0.4 is 16.0 Å². The van der Waals surface area contributed by atoms with Gasteiger partial charge >= 0.3 is 0 Å². The van der Waals surface area contributed by atoms with Gasteiger partial charge in [0.15, 0.2) is 5.96 Å². The molecule has 0 spiro atoms. The predicted molar refractivity (Wildman–Crippen MR) is 108 cm³/mol. The number of hydrogen-bond acceptors (Lipinski definition) is 3. The highest BCUT2D eigenvalue weighted by molar-refractivity contribution is 14.0. The molecular formula is C16H35IN4O2. The van der Waals surface area contributed by atoms with Gasteiger partial charge in [-0.3, -0.25) is 9.79 Å². The van der Waals surface area contributed by atoms with Gasteiger partial charge in [-0.25, -0.2) is 0 Å². The Morgan fingerprint density at radius 3 is 2.26 bits per heavy atom. The minimum Gasteiger partial charge on any atom is -0.378 e. The first-order valence-electron chi connectivity index (χ1n) is 8.37. The van der Waals surface area contributed by atoms with E-state index in [9.17, 15) is 4.79 Å². The summed E-state index contributed by atoms with van der Waals surface area (Å²) in [5, 5.41) is 9.26. The van der Waals surface area contributed by atoms with Crippen molar-refractivity contribution in [3.05, 3.63) is 0 Å². The lowest BCUT2D eigenvalue weighted by molar-refractivity contribution is -0.120. The number of aliphatic imine (C=N–C) groups is 1. The summed E-state index contributed by atoms with van der Waals surface area (Å²) in [6, 6.07) is 0. The monoisotopic (exact) mass is 442 g/mol. The van der Waals surface area contributed by atoms with Crippen LogP contribution >= 0.6 is 24.0 Å². The summed E-state index contributed by atoms with van der Waals surface area (Å²) in [6.45, 7) is 11.2. The fourth-order valence-electron chi connectivity index (χ4n) is 2.02. The van der Waals surface area contributed by atoms with E-state index in [2.05, 4.69) is 34.8 Å². The average molecular weight is 442 g/mol. The molecule has 0 bridgehead atoms. The highest BCUT2D eigenvalue weighted by atomic mass is 127. The molecule has 138 valence electrons. The third-order valence-corrected chi connectivity index (χ3v) is 3.29. The standard InChI is InChI=1S/C16H34N4O2.HI/c1-6-10-18-15(21)9-12-20-16(17-5)19-11-8-14(13(3)4)22-7-2;/h13-14H,6-12H2,1-5H3,(H,18,21)(H2,17,19,20);1H. The van der Waals surface area contributed by atoms with Crippen LogP contribution in [0.25, 0.3) is 0 Å². The Labute approximate surface area is 158 Å². The summed E-state index contributed by atoms with van der Waals surface area (Å²) < 4.78 is 5.72.